The Labute approximate surface area is 157 Å². The molecule has 2 aromatic carbocycles. The molecule has 0 spiro atoms. The quantitative estimate of drug-likeness (QED) is 0.717. The minimum atomic E-state index is -3.74. The summed E-state index contributed by atoms with van der Waals surface area (Å²) in [5.74, 6) is -0.275. The highest BCUT2D eigenvalue weighted by atomic mass is 35.5. The maximum Gasteiger partial charge on any atom is 0.244 e. The van der Waals surface area contributed by atoms with Gasteiger partial charge in [0.15, 0.2) is 0 Å². The molecule has 1 saturated heterocycles. The lowest BCUT2D eigenvalue weighted by Gasteiger charge is -2.24. The Kier molecular flexibility index (Phi) is 5.68. The van der Waals surface area contributed by atoms with Crippen molar-refractivity contribution in [2.45, 2.75) is 30.1 Å². The Morgan fingerprint density at radius 3 is 2.48 bits per heavy atom. The van der Waals surface area contributed by atoms with Crippen molar-refractivity contribution in [1.29, 1.82) is 0 Å². The lowest BCUT2D eigenvalue weighted by atomic mass is 9.95. The van der Waals surface area contributed by atoms with Crippen molar-refractivity contribution < 1.29 is 12.8 Å². The van der Waals surface area contributed by atoms with Crippen molar-refractivity contribution in [3.8, 4) is 0 Å². The van der Waals surface area contributed by atoms with Crippen LogP contribution in [0.4, 0.5) is 4.39 Å². The predicted molar refractivity (Wildman–Crippen MR) is 98.2 cm³/mol. The second kappa shape index (κ2) is 7.62. The van der Waals surface area contributed by atoms with Gasteiger partial charge in [-0.25, -0.2) is 12.8 Å². The van der Waals surface area contributed by atoms with Crippen molar-refractivity contribution in [2.24, 2.45) is 0 Å². The number of hydrogen-bond donors (Lipinski definition) is 0. The largest absolute Gasteiger partial charge is 0.244 e. The molecule has 134 valence electrons. The van der Waals surface area contributed by atoms with E-state index in [1.807, 2.05) is 0 Å². The van der Waals surface area contributed by atoms with Crippen molar-refractivity contribution >= 4 is 33.2 Å². The molecule has 3 rings (SSSR count). The molecule has 1 unspecified atom stereocenters. The van der Waals surface area contributed by atoms with Crippen LogP contribution in [0.1, 0.15) is 30.7 Å². The fourth-order valence-corrected chi connectivity index (χ4v) is 5.41. The summed E-state index contributed by atoms with van der Waals surface area (Å²) in [6.45, 7) is 0.777. The number of nitrogens with zero attached hydrogens (tertiary/aromatic N) is 1. The minimum Gasteiger partial charge on any atom is -0.207 e. The highest BCUT2D eigenvalue weighted by molar-refractivity contribution is 7.89. The lowest BCUT2D eigenvalue weighted by Crippen LogP contribution is -2.34. The summed E-state index contributed by atoms with van der Waals surface area (Å²) in [5, 5.41) is 0.486. The second-order valence-electron chi connectivity index (χ2n) is 6.18. The molecule has 0 aromatic heterocycles. The van der Waals surface area contributed by atoms with Crippen LogP contribution >= 0.6 is 23.2 Å². The molecule has 0 saturated carbocycles. The summed E-state index contributed by atoms with van der Waals surface area (Å²) in [6.07, 6.45) is 2.55. The number of benzene rings is 2. The average molecular weight is 402 g/mol. The zero-order chi connectivity index (χ0) is 18.0. The van der Waals surface area contributed by atoms with Crippen molar-refractivity contribution in [2.75, 3.05) is 13.1 Å². The Balaban J connectivity index is 1.92. The maximum atomic E-state index is 13.2. The third-order valence-electron chi connectivity index (χ3n) is 4.49. The van der Waals surface area contributed by atoms with Gasteiger partial charge in [0, 0.05) is 18.1 Å². The summed E-state index contributed by atoms with van der Waals surface area (Å²) < 4.78 is 40.8. The predicted octanol–water partition coefficient (Wildman–Crippen LogP) is 5.09. The van der Waals surface area contributed by atoms with Crippen LogP contribution in [0.2, 0.25) is 10.0 Å². The minimum absolute atomic E-state index is 0.0239. The number of hydrogen-bond acceptors (Lipinski definition) is 2. The summed E-state index contributed by atoms with van der Waals surface area (Å²) in [5.41, 5.74) is 0.945. The number of rotatable bonds is 3. The Hall–Kier alpha value is -1.14. The first-order valence-electron chi connectivity index (χ1n) is 8.08. The van der Waals surface area contributed by atoms with Crippen LogP contribution in [0.3, 0.4) is 0 Å². The number of sulfonamides is 1. The summed E-state index contributed by atoms with van der Waals surface area (Å²) in [4.78, 5) is 0.0291. The van der Waals surface area contributed by atoms with Crippen LogP contribution in [-0.4, -0.2) is 25.8 Å². The molecule has 0 bridgehead atoms. The first-order chi connectivity index (χ1) is 11.9. The standard InChI is InChI=1S/C18H18Cl2FNO2S/c19-15-6-9-17(20)18(11-15)25(23,24)22-10-2-1-3-14(12-22)13-4-7-16(21)8-5-13/h4-9,11,14H,1-3,10,12H2. The Morgan fingerprint density at radius 1 is 1.04 bits per heavy atom. The fraction of sp³-hybridized carbons (Fsp3) is 0.333. The van der Waals surface area contributed by atoms with E-state index in [0.29, 0.717) is 18.1 Å². The molecule has 1 aliphatic heterocycles. The van der Waals surface area contributed by atoms with Crippen molar-refractivity contribution in [1.82, 2.24) is 4.31 Å². The smallest absolute Gasteiger partial charge is 0.207 e. The van der Waals surface area contributed by atoms with Crippen molar-refractivity contribution in [3.05, 3.63) is 63.9 Å². The Bertz CT molecular complexity index is 856. The van der Waals surface area contributed by atoms with Gasteiger partial charge in [0.05, 0.1) is 5.02 Å². The first kappa shape index (κ1) is 18.6. The molecule has 0 N–H and O–H groups in total. The third-order valence-corrected chi connectivity index (χ3v) is 7.07. The molecular weight excluding hydrogens is 384 g/mol. The molecule has 25 heavy (non-hydrogen) atoms. The summed E-state index contributed by atoms with van der Waals surface area (Å²) >= 11 is 12.1. The van der Waals surface area contributed by atoms with Crippen LogP contribution in [0.15, 0.2) is 47.4 Å². The maximum absolute atomic E-state index is 13.2. The normalized spacial score (nSPS) is 19.6. The molecule has 2 aromatic rings. The van der Waals surface area contributed by atoms with Gasteiger partial charge in [0.2, 0.25) is 10.0 Å². The van der Waals surface area contributed by atoms with Crippen LogP contribution in [0.5, 0.6) is 0 Å². The van der Waals surface area contributed by atoms with Gasteiger partial charge in [0.1, 0.15) is 10.7 Å². The average Bonchev–Trinajstić information content (AvgIpc) is 2.84. The van der Waals surface area contributed by atoms with Gasteiger partial charge in [-0.05, 0) is 54.7 Å². The van der Waals surface area contributed by atoms with Crippen LogP contribution in [-0.2, 0) is 10.0 Å². The monoisotopic (exact) mass is 401 g/mol. The first-order valence-corrected chi connectivity index (χ1v) is 10.3. The van der Waals surface area contributed by atoms with Gasteiger partial charge in [0.25, 0.3) is 0 Å². The zero-order valence-electron chi connectivity index (χ0n) is 13.5. The highest BCUT2D eigenvalue weighted by Gasteiger charge is 2.31. The van der Waals surface area contributed by atoms with Gasteiger partial charge >= 0.3 is 0 Å². The van der Waals surface area contributed by atoms with Crippen LogP contribution in [0, 0.1) is 5.82 Å². The van der Waals surface area contributed by atoms with Crippen molar-refractivity contribution in [3.63, 3.8) is 0 Å². The van der Waals surface area contributed by atoms with Gasteiger partial charge < -0.3 is 0 Å². The Morgan fingerprint density at radius 2 is 1.76 bits per heavy atom. The van der Waals surface area contributed by atoms with E-state index in [-0.39, 0.29) is 21.7 Å². The molecule has 0 aliphatic carbocycles. The van der Waals surface area contributed by atoms with E-state index in [1.54, 1.807) is 18.2 Å². The fourth-order valence-electron chi connectivity index (χ4n) is 3.15. The lowest BCUT2D eigenvalue weighted by molar-refractivity contribution is 0.406. The third kappa shape index (κ3) is 4.17. The van der Waals surface area contributed by atoms with E-state index in [2.05, 4.69) is 0 Å². The van der Waals surface area contributed by atoms with E-state index in [1.165, 1.54) is 28.6 Å². The van der Waals surface area contributed by atoms with E-state index >= 15 is 0 Å². The molecule has 1 atom stereocenters. The van der Waals surface area contributed by atoms with E-state index < -0.39 is 10.0 Å². The van der Waals surface area contributed by atoms with Gasteiger partial charge in [-0.2, -0.15) is 4.31 Å². The second-order valence-corrected chi connectivity index (χ2v) is 8.93. The molecule has 3 nitrogen and oxygen atoms in total. The zero-order valence-corrected chi connectivity index (χ0v) is 15.8. The molecule has 1 heterocycles. The van der Waals surface area contributed by atoms with E-state index in [4.69, 9.17) is 23.2 Å². The number of halogens is 3. The van der Waals surface area contributed by atoms with E-state index in [0.717, 1.165) is 24.8 Å². The van der Waals surface area contributed by atoms with Crippen LogP contribution in [0.25, 0.3) is 0 Å². The molecule has 7 heteroatoms. The molecule has 1 fully saturated rings. The van der Waals surface area contributed by atoms with Gasteiger partial charge in [-0.15, -0.1) is 0 Å². The van der Waals surface area contributed by atoms with Gasteiger partial charge in [-0.1, -0.05) is 41.8 Å². The SMILES string of the molecule is O=S(=O)(c1cc(Cl)ccc1Cl)N1CCCCC(c2ccc(F)cc2)C1. The molecule has 1 aliphatic rings. The van der Waals surface area contributed by atoms with E-state index in [9.17, 15) is 12.8 Å². The molecular formula is C18H18Cl2FNO2S. The van der Waals surface area contributed by atoms with Crippen LogP contribution < -0.4 is 0 Å². The molecule has 0 radical (unpaired) electrons. The highest BCUT2D eigenvalue weighted by Crippen LogP contribution is 2.32. The topological polar surface area (TPSA) is 37.4 Å². The summed E-state index contributed by atoms with van der Waals surface area (Å²) in [7, 11) is -3.74. The summed E-state index contributed by atoms with van der Waals surface area (Å²) in [6, 6.07) is 10.7. The van der Waals surface area contributed by atoms with Gasteiger partial charge in [-0.3, -0.25) is 0 Å². The molecule has 0 amide bonds.